The molecule has 0 aliphatic carbocycles. The Morgan fingerprint density at radius 2 is 1.94 bits per heavy atom. The summed E-state index contributed by atoms with van der Waals surface area (Å²) in [5.41, 5.74) is -0.751. The molecule has 0 aliphatic rings. The lowest BCUT2D eigenvalue weighted by Gasteiger charge is -2.32. The van der Waals surface area contributed by atoms with Gasteiger partial charge in [0.05, 0.1) is 12.3 Å². The van der Waals surface area contributed by atoms with E-state index in [0.717, 1.165) is 11.1 Å². The first kappa shape index (κ1) is 24.3. The average Bonchev–Trinajstić information content (AvgIpc) is 3.47. The number of alkyl halides is 1. The zero-order chi connectivity index (χ0) is 25.2. The number of hydrogen-bond donors (Lipinski definition) is 2. The Morgan fingerprint density at radius 3 is 2.60 bits per heavy atom. The molecule has 184 valence electrons. The van der Waals surface area contributed by atoms with Gasteiger partial charge in [-0.3, -0.25) is 4.40 Å². The number of anilines is 1. The molecule has 9 nitrogen and oxygen atoms in total. The summed E-state index contributed by atoms with van der Waals surface area (Å²) in [7, 11) is 0. The maximum Gasteiger partial charge on any atom is 0.359 e. The van der Waals surface area contributed by atoms with Crippen molar-refractivity contribution in [3.63, 3.8) is 0 Å². The molecule has 1 atom stereocenters. The summed E-state index contributed by atoms with van der Waals surface area (Å²) < 4.78 is 27.1. The van der Waals surface area contributed by atoms with Crippen LogP contribution in [0.5, 0.6) is 0 Å². The molecular formula is C25H28FN5O4. The first-order valence-corrected chi connectivity index (χ1v) is 11.4. The lowest BCUT2D eigenvalue weighted by atomic mass is 9.85. The molecular weight excluding hydrogens is 453 g/mol. The molecule has 3 aromatic heterocycles. The van der Waals surface area contributed by atoms with Gasteiger partial charge < -0.3 is 19.6 Å². The van der Waals surface area contributed by atoms with Crippen LogP contribution >= 0.6 is 0 Å². The zero-order valence-electron chi connectivity index (χ0n) is 20.1. The number of aromatic nitrogens is 4. The smallest absolute Gasteiger partial charge is 0.359 e. The molecule has 0 radical (unpaired) electrons. The van der Waals surface area contributed by atoms with E-state index >= 15 is 0 Å². The highest BCUT2D eigenvalue weighted by atomic mass is 19.1. The number of benzene rings is 1. The molecule has 0 amide bonds. The van der Waals surface area contributed by atoms with E-state index in [1.165, 1.54) is 13.8 Å². The minimum atomic E-state index is -1.97. The number of rotatable bonds is 9. The number of halogens is 1. The Hall–Kier alpha value is -3.79. The van der Waals surface area contributed by atoms with Gasteiger partial charge in [0, 0.05) is 18.3 Å². The lowest BCUT2D eigenvalue weighted by Crippen LogP contribution is -2.44. The van der Waals surface area contributed by atoms with Gasteiger partial charge in [-0.05, 0) is 44.9 Å². The van der Waals surface area contributed by atoms with E-state index in [4.69, 9.17) is 9.15 Å². The van der Waals surface area contributed by atoms with Gasteiger partial charge in [-0.1, -0.05) is 42.4 Å². The van der Waals surface area contributed by atoms with E-state index in [0.29, 0.717) is 17.9 Å². The van der Waals surface area contributed by atoms with Crippen LogP contribution in [0, 0.1) is 0 Å². The van der Waals surface area contributed by atoms with Crippen molar-refractivity contribution in [1.29, 1.82) is 0 Å². The largest absolute Gasteiger partial charge is 0.461 e. The Balaban J connectivity index is 1.61. The summed E-state index contributed by atoms with van der Waals surface area (Å²) in [6.07, 6.45) is 1.90. The molecule has 3 heterocycles. The van der Waals surface area contributed by atoms with Crippen molar-refractivity contribution in [2.45, 2.75) is 51.9 Å². The number of nitrogens with zero attached hydrogens (tertiary/aromatic N) is 4. The Bertz CT molecular complexity index is 1330. The van der Waals surface area contributed by atoms with Crippen LogP contribution < -0.4 is 5.32 Å². The number of hydrogen-bond acceptors (Lipinski definition) is 8. The van der Waals surface area contributed by atoms with Crippen LogP contribution in [0.25, 0.3) is 16.9 Å². The predicted octanol–water partition coefficient (Wildman–Crippen LogP) is 4.52. The van der Waals surface area contributed by atoms with E-state index in [2.05, 4.69) is 20.5 Å². The van der Waals surface area contributed by atoms with Crippen molar-refractivity contribution in [3.8, 4) is 11.3 Å². The highest BCUT2D eigenvalue weighted by molar-refractivity contribution is 5.95. The fourth-order valence-corrected chi connectivity index (χ4v) is 3.88. The van der Waals surface area contributed by atoms with Gasteiger partial charge in [0.25, 0.3) is 5.89 Å². The molecule has 10 heteroatoms. The molecule has 0 bridgehead atoms. The maximum absolute atomic E-state index is 14.6. The first-order valence-electron chi connectivity index (χ1n) is 11.4. The first-order chi connectivity index (χ1) is 16.7. The third kappa shape index (κ3) is 4.61. The second kappa shape index (κ2) is 9.46. The normalized spacial score (nSPS) is 13.5. The highest BCUT2D eigenvalue weighted by Crippen LogP contribution is 2.38. The second-order valence-corrected chi connectivity index (χ2v) is 8.61. The Kier molecular flexibility index (Phi) is 6.58. The van der Waals surface area contributed by atoms with Crippen molar-refractivity contribution in [2.75, 3.05) is 11.9 Å². The maximum atomic E-state index is 14.6. The predicted molar refractivity (Wildman–Crippen MR) is 128 cm³/mol. The quantitative estimate of drug-likeness (QED) is 0.336. The SMILES string of the molecule is CCOC(=O)c1nc2cc(CNc3nnc(C(O)(CC)C(C)(C)F)o3)ccn2c1-c1ccccc1. The van der Waals surface area contributed by atoms with Gasteiger partial charge >= 0.3 is 12.0 Å². The molecule has 0 aliphatic heterocycles. The summed E-state index contributed by atoms with van der Waals surface area (Å²) in [5, 5.41) is 21.4. The number of carbonyl (C=O) groups is 1. The lowest BCUT2D eigenvalue weighted by molar-refractivity contribution is -0.111. The summed E-state index contributed by atoms with van der Waals surface area (Å²) in [4.78, 5) is 17.1. The Morgan fingerprint density at radius 1 is 1.20 bits per heavy atom. The number of imidazole rings is 1. The zero-order valence-corrected chi connectivity index (χ0v) is 20.1. The molecule has 4 aromatic rings. The third-order valence-electron chi connectivity index (χ3n) is 5.92. The number of ether oxygens (including phenoxy) is 1. The van der Waals surface area contributed by atoms with E-state index in [1.54, 1.807) is 13.8 Å². The minimum absolute atomic E-state index is 0.0523. The number of fused-ring (bicyclic) bond motifs is 1. The van der Waals surface area contributed by atoms with Crippen LogP contribution in [0.15, 0.2) is 53.1 Å². The number of carbonyl (C=O) groups excluding carboxylic acids is 1. The van der Waals surface area contributed by atoms with Crippen molar-refractivity contribution in [2.24, 2.45) is 0 Å². The van der Waals surface area contributed by atoms with Crippen molar-refractivity contribution in [1.82, 2.24) is 19.6 Å². The topological polar surface area (TPSA) is 115 Å². The molecule has 0 saturated heterocycles. The van der Waals surface area contributed by atoms with Crippen molar-refractivity contribution >= 4 is 17.6 Å². The van der Waals surface area contributed by atoms with Gasteiger partial charge in [0.15, 0.2) is 11.3 Å². The van der Waals surface area contributed by atoms with Gasteiger partial charge in [-0.2, -0.15) is 0 Å². The van der Waals surface area contributed by atoms with Gasteiger partial charge in [0.1, 0.15) is 11.3 Å². The summed E-state index contributed by atoms with van der Waals surface area (Å²) in [6.45, 7) is 6.47. The standard InChI is InChI=1S/C25H28FN5O4/c1-5-25(33,24(3,4)26)22-29-30-23(35-22)27-15-16-12-13-31-18(14-16)28-19(21(32)34-6-2)20(31)17-10-8-7-9-11-17/h7-14,33H,5-6,15H2,1-4H3,(H,27,30). The van der Waals surface area contributed by atoms with Crippen molar-refractivity contribution in [3.05, 3.63) is 65.8 Å². The van der Waals surface area contributed by atoms with Crippen LogP contribution in [0.1, 0.15) is 56.1 Å². The molecule has 0 spiro atoms. The van der Waals surface area contributed by atoms with Crippen LogP contribution in [0.2, 0.25) is 0 Å². The minimum Gasteiger partial charge on any atom is -0.461 e. The summed E-state index contributed by atoms with van der Waals surface area (Å²) >= 11 is 0. The third-order valence-corrected chi connectivity index (χ3v) is 5.92. The number of aliphatic hydroxyl groups is 1. The second-order valence-electron chi connectivity index (χ2n) is 8.61. The molecule has 2 N–H and O–H groups in total. The van der Waals surface area contributed by atoms with Crippen LogP contribution in [-0.4, -0.2) is 42.9 Å². The fraction of sp³-hybridized carbons (Fsp3) is 0.360. The monoisotopic (exact) mass is 481 g/mol. The summed E-state index contributed by atoms with van der Waals surface area (Å²) in [5.74, 6) is -0.683. The molecule has 35 heavy (non-hydrogen) atoms. The van der Waals surface area contributed by atoms with Crippen LogP contribution in [0.4, 0.5) is 10.4 Å². The molecule has 0 fully saturated rings. The van der Waals surface area contributed by atoms with E-state index in [9.17, 15) is 14.3 Å². The molecule has 1 aromatic carbocycles. The molecule has 0 saturated carbocycles. The van der Waals surface area contributed by atoms with Crippen LogP contribution in [-0.2, 0) is 16.9 Å². The highest BCUT2D eigenvalue weighted by Gasteiger charge is 2.48. The van der Waals surface area contributed by atoms with Crippen molar-refractivity contribution < 1.29 is 23.4 Å². The molecule has 4 rings (SSSR count). The number of pyridine rings is 1. The van der Waals surface area contributed by atoms with Gasteiger partial charge in [-0.15, -0.1) is 5.10 Å². The number of nitrogens with one attached hydrogen (secondary N) is 1. The van der Waals surface area contributed by atoms with Gasteiger partial charge in [-0.25, -0.2) is 14.2 Å². The average molecular weight is 482 g/mol. The van der Waals surface area contributed by atoms with E-state index in [1.807, 2.05) is 53.1 Å². The van der Waals surface area contributed by atoms with E-state index in [-0.39, 0.29) is 30.6 Å². The fourth-order valence-electron chi connectivity index (χ4n) is 3.88. The van der Waals surface area contributed by atoms with E-state index < -0.39 is 17.2 Å². The van der Waals surface area contributed by atoms with Gasteiger partial charge in [0.2, 0.25) is 0 Å². The Labute approximate surface area is 202 Å². The molecule has 1 unspecified atom stereocenters. The summed E-state index contributed by atoms with van der Waals surface area (Å²) in [6, 6.07) is 13.3. The van der Waals surface area contributed by atoms with Crippen LogP contribution in [0.3, 0.4) is 0 Å². The number of esters is 1.